The molecule has 0 unspecified atom stereocenters. The summed E-state index contributed by atoms with van der Waals surface area (Å²) in [5.74, 6) is -0.808. The number of ether oxygens (including phenoxy) is 1. The number of rotatable bonds is 6. The molecule has 8 heteroatoms. The van der Waals surface area contributed by atoms with E-state index in [1.807, 2.05) is 30.3 Å². The van der Waals surface area contributed by atoms with Crippen LogP contribution in [0.15, 0.2) is 61.2 Å². The molecule has 7 nitrogen and oxygen atoms in total. The highest BCUT2D eigenvalue weighted by molar-refractivity contribution is 6.31. The molecule has 154 valence electrons. The Balaban J connectivity index is 1.45. The molecule has 1 fully saturated rings. The number of nitrogens with one attached hydrogen (secondary N) is 1. The molecule has 0 atom stereocenters. The van der Waals surface area contributed by atoms with Gasteiger partial charge in [0.25, 0.3) is 5.91 Å². The number of anilines is 1. The zero-order chi connectivity index (χ0) is 21.0. The van der Waals surface area contributed by atoms with Crippen LogP contribution in [-0.2, 0) is 19.7 Å². The Labute approximate surface area is 179 Å². The van der Waals surface area contributed by atoms with Gasteiger partial charge in [-0.05, 0) is 36.6 Å². The Hall–Kier alpha value is -3.19. The van der Waals surface area contributed by atoms with Crippen molar-refractivity contribution in [1.82, 2.24) is 14.8 Å². The van der Waals surface area contributed by atoms with Gasteiger partial charge < -0.3 is 10.1 Å². The van der Waals surface area contributed by atoms with Crippen LogP contribution >= 0.6 is 11.6 Å². The monoisotopic (exact) mass is 424 g/mol. The molecule has 0 spiro atoms. The molecule has 1 aliphatic carbocycles. The van der Waals surface area contributed by atoms with Gasteiger partial charge in [0.05, 0.1) is 16.8 Å². The molecular weight excluding hydrogens is 404 g/mol. The number of carbonyl (C=O) groups excluding carboxylic acids is 2. The summed E-state index contributed by atoms with van der Waals surface area (Å²) in [6, 6.07) is 14.7. The maximum Gasteiger partial charge on any atom is 0.317 e. The number of esters is 1. The highest BCUT2D eigenvalue weighted by Crippen LogP contribution is 2.42. The first kappa shape index (κ1) is 20.1. The summed E-state index contributed by atoms with van der Waals surface area (Å²) in [7, 11) is 0. The van der Waals surface area contributed by atoms with Crippen LogP contribution in [0, 0.1) is 0 Å². The molecular formula is C22H21ClN4O3. The van der Waals surface area contributed by atoms with Gasteiger partial charge in [-0.2, -0.15) is 5.10 Å². The molecule has 1 aliphatic rings. The van der Waals surface area contributed by atoms with E-state index in [4.69, 9.17) is 16.3 Å². The number of halogens is 1. The predicted octanol–water partition coefficient (Wildman–Crippen LogP) is 3.91. The van der Waals surface area contributed by atoms with Crippen LogP contribution in [0.1, 0.15) is 31.2 Å². The summed E-state index contributed by atoms with van der Waals surface area (Å²) in [6.07, 6.45) is 6.28. The average molecular weight is 425 g/mol. The van der Waals surface area contributed by atoms with Gasteiger partial charge >= 0.3 is 5.97 Å². The van der Waals surface area contributed by atoms with Gasteiger partial charge in [-0.3, -0.25) is 9.59 Å². The van der Waals surface area contributed by atoms with E-state index in [1.165, 1.54) is 17.3 Å². The van der Waals surface area contributed by atoms with Crippen LogP contribution in [-0.4, -0.2) is 33.2 Å². The average Bonchev–Trinajstić information content (AvgIpc) is 3.46. The number of aromatic nitrogens is 3. The van der Waals surface area contributed by atoms with E-state index < -0.39 is 11.3 Å². The van der Waals surface area contributed by atoms with Crippen molar-refractivity contribution in [3.63, 3.8) is 0 Å². The van der Waals surface area contributed by atoms with Crippen LogP contribution < -0.4 is 5.32 Å². The second-order valence-electron chi connectivity index (χ2n) is 7.28. The minimum atomic E-state index is -0.677. The SMILES string of the molecule is O=C(COC(=O)C1(c2ccccc2)CCCC1)Nc1cc(Cl)ccc1-n1cncn1. The number of hydrogen-bond donors (Lipinski definition) is 1. The number of nitrogens with zero attached hydrogens (tertiary/aromatic N) is 3. The lowest BCUT2D eigenvalue weighted by molar-refractivity contribution is -0.153. The molecule has 0 radical (unpaired) electrons. The third-order valence-corrected chi connectivity index (χ3v) is 5.64. The van der Waals surface area contributed by atoms with Crippen molar-refractivity contribution in [3.05, 3.63) is 71.8 Å². The minimum absolute atomic E-state index is 0.357. The standard InChI is InChI=1S/C22H21ClN4O3/c23-17-8-9-19(27-15-24-14-25-27)18(12-17)26-20(28)13-30-21(29)22(10-4-5-11-22)16-6-2-1-3-7-16/h1-3,6-9,12,14-15H,4-5,10-11,13H2,(H,26,28). The summed E-state index contributed by atoms with van der Waals surface area (Å²) in [5.41, 5.74) is 1.32. The third-order valence-electron chi connectivity index (χ3n) is 5.41. The molecule has 4 rings (SSSR count). The van der Waals surface area contributed by atoms with Gasteiger partial charge in [0, 0.05) is 5.02 Å². The van der Waals surface area contributed by atoms with E-state index in [1.54, 1.807) is 18.2 Å². The minimum Gasteiger partial charge on any atom is -0.455 e. The third kappa shape index (κ3) is 4.07. The summed E-state index contributed by atoms with van der Waals surface area (Å²) in [4.78, 5) is 29.4. The van der Waals surface area contributed by atoms with Crippen LogP contribution in [0.4, 0.5) is 5.69 Å². The Bertz CT molecular complexity index is 1030. The zero-order valence-corrected chi connectivity index (χ0v) is 17.0. The highest BCUT2D eigenvalue weighted by Gasteiger charge is 2.44. The fourth-order valence-corrected chi connectivity index (χ4v) is 4.11. The number of carbonyl (C=O) groups is 2. The van der Waals surface area contributed by atoms with Crippen molar-refractivity contribution in [2.75, 3.05) is 11.9 Å². The van der Waals surface area contributed by atoms with E-state index in [0.717, 1.165) is 31.2 Å². The van der Waals surface area contributed by atoms with Crippen molar-refractivity contribution in [2.24, 2.45) is 0 Å². The van der Waals surface area contributed by atoms with Gasteiger partial charge in [0.15, 0.2) is 6.61 Å². The number of benzene rings is 2. The van der Waals surface area contributed by atoms with Gasteiger partial charge in [0.2, 0.25) is 0 Å². The van der Waals surface area contributed by atoms with Crippen molar-refractivity contribution in [3.8, 4) is 5.69 Å². The van der Waals surface area contributed by atoms with Crippen LogP contribution in [0.2, 0.25) is 5.02 Å². The van der Waals surface area contributed by atoms with Gasteiger partial charge in [-0.15, -0.1) is 0 Å². The summed E-state index contributed by atoms with van der Waals surface area (Å²) in [5, 5.41) is 7.29. The van der Waals surface area contributed by atoms with Crippen molar-refractivity contribution < 1.29 is 14.3 Å². The van der Waals surface area contributed by atoms with E-state index in [0.29, 0.717) is 16.4 Å². The van der Waals surface area contributed by atoms with Gasteiger partial charge in [-0.25, -0.2) is 9.67 Å². The van der Waals surface area contributed by atoms with Crippen molar-refractivity contribution >= 4 is 29.2 Å². The molecule has 0 bridgehead atoms. The molecule has 0 saturated heterocycles. The Morgan fingerprint density at radius 3 is 2.60 bits per heavy atom. The molecule has 1 saturated carbocycles. The van der Waals surface area contributed by atoms with Crippen LogP contribution in [0.25, 0.3) is 5.69 Å². The van der Waals surface area contributed by atoms with E-state index >= 15 is 0 Å². The van der Waals surface area contributed by atoms with E-state index in [-0.39, 0.29) is 12.6 Å². The second kappa shape index (κ2) is 8.67. The fourth-order valence-electron chi connectivity index (χ4n) is 3.94. The maximum atomic E-state index is 13.0. The fraction of sp³-hybridized carbons (Fsp3) is 0.273. The van der Waals surface area contributed by atoms with E-state index in [2.05, 4.69) is 15.4 Å². The molecule has 2 aromatic carbocycles. The predicted molar refractivity (Wildman–Crippen MR) is 113 cm³/mol. The lowest BCUT2D eigenvalue weighted by atomic mass is 9.79. The molecule has 0 aliphatic heterocycles. The summed E-state index contributed by atoms with van der Waals surface area (Å²) in [6.45, 7) is -0.378. The van der Waals surface area contributed by atoms with Gasteiger partial charge in [0.1, 0.15) is 12.7 Å². The van der Waals surface area contributed by atoms with Crippen molar-refractivity contribution in [2.45, 2.75) is 31.1 Å². The lowest BCUT2D eigenvalue weighted by Crippen LogP contribution is -2.36. The molecule has 1 N–H and O–H groups in total. The topological polar surface area (TPSA) is 86.1 Å². The highest BCUT2D eigenvalue weighted by atomic mass is 35.5. The van der Waals surface area contributed by atoms with E-state index in [9.17, 15) is 9.59 Å². The largest absolute Gasteiger partial charge is 0.455 e. The molecule has 30 heavy (non-hydrogen) atoms. The first-order valence-electron chi connectivity index (χ1n) is 9.76. The van der Waals surface area contributed by atoms with Crippen LogP contribution in [0.5, 0.6) is 0 Å². The smallest absolute Gasteiger partial charge is 0.317 e. The van der Waals surface area contributed by atoms with Crippen LogP contribution in [0.3, 0.4) is 0 Å². The molecule has 3 aromatic rings. The quantitative estimate of drug-likeness (QED) is 0.606. The normalized spacial score (nSPS) is 15.0. The molecule has 1 aromatic heterocycles. The number of amides is 1. The maximum absolute atomic E-state index is 13.0. The van der Waals surface area contributed by atoms with Gasteiger partial charge in [-0.1, -0.05) is 54.8 Å². The zero-order valence-electron chi connectivity index (χ0n) is 16.3. The first-order valence-corrected chi connectivity index (χ1v) is 10.1. The molecule has 1 heterocycles. The Morgan fingerprint density at radius 2 is 1.90 bits per heavy atom. The van der Waals surface area contributed by atoms with Crippen molar-refractivity contribution in [1.29, 1.82) is 0 Å². The Kier molecular flexibility index (Phi) is 5.81. The first-order chi connectivity index (χ1) is 14.6. The summed E-state index contributed by atoms with van der Waals surface area (Å²) < 4.78 is 6.97. The molecule has 1 amide bonds. The number of hydrogen-bond acceptors (Lipinski definition) is 5. The Morgan fingerprint density at radius 1 is 1.13 bits per heavy atom. The summed E-state index contributed by atoms with van der Waals surface area (Å²) >= 11 is 6.08. The lowest BCUT2D eigenvalue weighted by Gasteiger charge is -2.27. The second-order valence-corrected chi connectivity index (χ2v) is 7.72.